The first-order chi connectivity index (χ1) is 12.3. The molecule has 144 valence electrons. The molecule has 0 spiro atoms. The Hall–Kier alpha value is -1.85. The summed E-state index contributed by atoms with van der Waals surface area (Å²) in [6.07, 6.45) is 3.88. The van der Waals surface area contributed by atoms with Crippen LogP contribution in [0.2, 0.25) is 0 Å². The molecule has 0 saturated heterocycles. The van der Waals surface area contributed by atoms with E-state index in [9.17, 15) is 0 Å². The molecule has 1 N–H and O–H groups in total. The molecule has 0 aliphatic carbocycles. The number of hydrogen-bond acceptors (Lipinski definition) is 4. The molecule has 1 aromatic heterocycles. The molecule has 0 aliphatic rings. The minimum Gasteiger partial charge on any atom is -1.00 e. The molecule has 5 nitrogen and oxygen atoms in total. The Morgan fingerprint density at radius 1 is 1.12 bits per heavy atom. The van der Waals surface area contributed by atoms with Gasteiger partial charge in [0, 0.05) is 17.0 Å². The van der Waals surface area contributed by atoms with E-state index in [1.54, 1.807) is 6.21 Å². The van der Waals surface area contributed by atoms with Gasteiger partial charge in [-0.05, 0) is 26.3 Å². The van der Waals surface area contributed by atoms with Gasteiger partial charge >= 0.3 is 0 Å². The second kappa shape index (κ2) is 12.5. The SMILES string of the molecule is CCCCOc1cc(/C=N\OCC[NH+](CC)CC)c2ccccc2n1.[Cl-]. The number of aromatic nitrogens is 1. The van der Waals surface area contributed by atoms with Crippen molar-refractivity contribution >= 4 is 17.1 Å². The van der Waals surface area contributed by atoms with Gasteiger partial charge in [0.25, 0.3) is 0 Å². The van der Waals surface area contributed by atoms with Gasteiger partial charge in [0.2, 0.25) is 5.88 Å². The summed E-state index contributed by atoms with van der Waals surface area (Å²) in [6.45, 7) is 11.0. The number of para-hydroxylation sites is 1. The van der Waals surface area contributed by atoms with Crippen LogP contribution in [-0.2, 0) is 4.84 Å². The predicted molar refractivity (Wildman–Crippen MR) is 103 cm³/mol. The number of ether oxygens (including phenoxy) is 1. The Bertz CT molecular complexity index is 675. The molecular weight excluding hydrogens is 350 g/mol. The van der Waals surface area contributed by atoms with E-state index in [-0.39, 0.29) is 12.4 Å². The zero-order chi connectivity index (χ0) is 17.9. The summed E-state index contributed by atoms with van der Waals surface area (Å²) in [6, 6.07) is 9.95. The van der Waals surface area contributed by atoms with Crippen molar-refractivity contribution in [3.05, 3.63) is 35.9 Å². The standard InChI is InChI=1S/C20H29N3O2.ClH/c1-4-7-13-24-20-15-17(18-10-8-9-11-19(18)22-20)16-21-25-14-12-23(5-2)6-3;/h8-11,15-16H,4-7,12-14H2,1-3H3;1H/b21-16-;. The fourth-order valence-electron chi connectivity index (χ4n) is 2.62. The summed E-state index contributed by atoms with van der Waals surface area (Å²) in [4.78, 5) is 11.5. The molecule has 26 heavy (non-hydrogen) atoms. The highest BCUT2D eigenvalue weighted by molar-refractivity contribution is 5.98. The lowest BCUT2D eigenvalue weighted by Gasteiger charge is -2.13. The number of oxime groups is 1. The van der Waals surface area contributed by atoms with Crippen molar-refractivity contribution in [3.8, 4) is 5.88 Å². The highest BCUT2D eigenvalue weighted by Crippen LogP contribution is 2.21. The summed E-state index contributed by atoms with van der Waals surface area (Å²) in [7, 11) is 0. The number of halogens is 1. The van der Waals surface area contributed by atoms with Crippen LogP contribution in [0.15, 0.2) is 35.5 Å². The number of quaternary nitrogens is 1. The van der Waals surface area contributed by atoms with Crippen molar-refractivity contribution in [1.29, 1.82) is 0 Å². The molecule has 1 heterocycles. The minimum absolute atomic E-state index is 0. The Labute approximate surface area is 162 Å². The van der Waals surface area contributed by atoms with Crippen LogP contribution in [0.3, 0.4) is 0 Å². The fourth-order valence-corrected chi connectivity index (χ4v) is 2.62. The fraction of sp³-hybridized carbons (Fsp3) is 0.500. The summed E-state index contributed by atoms with van der Waals surface area (Å²) in [5.41, 5.74) is 1.87. The van der Waals surface area contributed by atoms with E-state index in [1.165, 1.54) is 4.90 Å². The van der Waals surface area contributed by atoms with Crippen molar-refractivity contribution in [2.75, 3.05) is 32.8 Å². The summed E-state index contributed by atoms with van der Waals surface area (Å²) in [5.74, 6) is 0.640. The lowest BCUT2D eigenvalue weighted by atomic mass is 10.1. The molecule has 0 radical (unpaired) electrons. The van der Waals surface area contributed by atoms with Crippen LogP contribution in [-0.4, -0.2) is 44.0 Å². The number of benzene rings is 1. The average molecular weight is 380 g/mol. The third-order valence-corrected chi connectivity index (χ3v) is 4.29. The topological polar surface area (TPSA) is 48.1 Å². The second-order valence-corrected chi connectivity index (χ2v) is 6.04. The maximum atomic E-state index is 5.77. The van der Waals surface area contributed by atoms with Crippen LogP contribution in [0.25, 0.3) is 10.9 Å². The number of unbranched alkanes of at least 4 members (excludes halogenated alkanes) is 1. The smallest absolute Gasteiger partial charge is 0.214 e. The highest BCUT2D eigenvalue weighted by Gasteiger charge is 2.06. The van der Waals surface area contributed by atoms with E-state index in [1.807, 2.05) is 30.3 Å². The van der Waals surface area contributed by atoms with Crippen LogP contribution in [0.1, 0.15) is 39.2 Å². The van der Waals surface area contributed by atoms with Gasteiger partial charge in [0.05, 0.1) is 31.4 Å². The summed E-state index contributed by atoms with van der Waals surface area (Å²) in [5, 5.41) is 5.20. The van der Waals surface area contributed by atoms with E-state index in [0.717, 1.165) is 48.9 Å². The molecule has 0 atom stereocenters. The lowest BCUT2D eigenvalue weighted by molar-refractivity contribution is -0.896. The summed E-state index contributed by atoms with van der Waals surface area (Å²) < 4.78 is 5.77. The Balaban J connectivity index is 0.00000338. The highest BCUT2D eigenvalue weighted by atomic mass is 35.5. The first-order valence-corrected chi connectivity index (χ1v) is 9.29. The van der Waals surface area contributed by atoms with Crippen LogP contribution in [0.4, 0.5) is 0 Å². The molecule has 6 heteroatoms. The number of hydrogen-bond donors (Lipinski definition) is 1. The normalized spacial score (nSPS) is 11.1. The molecule has 0 saturated carbocycles. The van der Waals surface area contributed by atoms with Gasteiger partial charge in [-0.25, -0.2) is 4.98 Å². The first kappa shape index (κ1) is 22.2. The van der Waals surface area contributed by atoms with E-state index in [0.29, 0.717) is 19.1 Å². The molecule has 0 aliphatic heterocycles. The van der Waals surface area contributed by atoms with Crippen molar-refractivity contribution in [2.24, 2.45) is 5.16 Å². The predicted octanol–water partition coefficient (Wildman–Crippen LogP) is -0.307. The second-order valence-electron chi connectivity index (χ2n) is 6.04. The van der Waals surface area contributed by atoms with Gasteiger partial charge in [-0.3, -0.25) is 0 Å². The lowest BCUT2D eigenvalue weighted by Crippen LogP contribution is -3.11. The number of likely N-dealkylation sites (N-methyl/N-ethyl adjacent to an activating group) is 1. The molecular formula is C20H30ClN3O2. The largest absolute Gasteiger partial charge is 1.00 e. The number of rotatable bonds is 11. The van der Waals surface area contributed by atoms with Gasteiger partial charge in [0.15, 0.2) is 6.61 Å². The molecule has 0 bridgehead atoms. The summed E-state index contributed by atoms with van der Waals surface area (Å²) >= 11 is 0. The molecule has 2 rings (SSSR count). The monoisotopic (exact) mass is 379 g/mol. The molecule has 0 unspecified atom stereocenters. The van der Waals surface area contributed by atoms with E-state index in [2.05, 4.69) is 30.9 Å². The Kier molecular flexibility index (Phi) is 10.7. The average Bonchev–Trinajstić information content (AvgIpc) is 2.65. The molecule has 1 aromatic carbocycles. The van der Waals surface area contributed by atoms with Gasteiger partial charge in [-0.15, -0.1) is 0 Å². The third kappa shape index (κ3) is 6.81. The van der Waals surface area contributed by atoms with Gasteiger partial charge in [-0.2, -0.15) is 0 Å². The van der Waals surface area contributed by atoms with Crippen LogP contribution in [0, 0.1) is 0 Å². The van der Waals surface area contributed by atoms with Gasteiger partial charge < -0.3 is 26.9 Å². The number of nitrogens with zero attached hydrogens (tertiary/aromatic N) is 2. The zero-order valence-electron chi connectivity index (χ0n) is 16.0. The minimum atomic E-state index is 0. The third-order valence-electron chi connectivity index (χ3n) is 4.29. The van der Waals surface area contributed by atoms with Gasteiger partial charge in [0.1, 0.15) is 6.54 Å². The van der Waals surface area contributed by atoms with E-state index < -0.39 is 0 Å². The number of pyridine rings is 1. The van der Waals surface area contributed by atoms with Crippen LogP contribution < -0.4 is 22.0 Å². The number of nitrogens with one attached hydrogen (secondary N) is 1. The van der Waals surface area contributed by atoms with Crippen LogP contribution in [0.5, 0.6) is 5.88 Å². The molecule has 0 fully saturated rings. The maximum absolute atomic E-state index is 5.77. The van der Waals surface area contributed by atoms with E-state index >= 15 is 0 Å². The Morgan fingerprint density at radius 3 is 2.62 bits per heavy atom. The van der Waals surface area contributed by atoms with Crippen molar-refractivity contribution < 1.29 is 26.9 Å². The van der Waals surface area contributed by atoms with Crippen LogP contribution >= 0.6 is 0 Å². The first-order valence-electron chi connectivity index (χ1n) is 9.29. The van der Waals surface area contributed by atoms with Crippen molar-refractivity contribution in [1.82, 2.24) is 4.98 Å². The van der Waals surface area contributed by atoms with Crippen molar-refractivity contribution in [2.45, 2.75) is 33.6 Å². The molecule has 2 aromatic rings. The Morgan fingerprint density at radius 2 is 1.88 bits per heavy atom. The van der Waals surface area contributed by atoms with Gasteiger partial charge in [-0.1, -0.05) is 36.7 Å². The quantitative estimate of drug-likeness (QED) is 0.331. The molecule has 0 amide bonds. The van der Waals surface area contributed by atoms with E-state index in [4.69, 9.17) is 9.57 Å². The zero-order valence-corrected chi connectivity index (χ0v) is 16.8. The maximum Gasteiger partial charge on any atom is 0.214 e. The number of fused-ring (bicyclic) bond motifs is 1. The van der Waals surface area contributed by atoms with Crippen molar-refractivity contribution in [3.63, 3.8) is 0 Å².